The number of aromatic nitrogens is 5. The second-order valence-electron chi connectivity index (χ2n) is 15.3. The van der Waals surface area contributed by atoms with Crippen molar-refractivity contribution in [2.24, 2.45) is 0 Å². The molecule has 0 atom stereocenters. The number of fused-ring (bicyclic) bond motifs is 3. The van der Waals surface area contributed by atoms with Crippen LogP contribution < -0.4 is 0 Å². The highest BCUT2D eigenvalue weighted by Crippen LogP contribution is 2.40. The first kappa shape index (κ1) is 32.3. The van der Waals surface area contributed by atoms with Gasteiger partial charge in [0, 0.05) is 51.1 Å². The van der Waals surface area contributed by atoms with E-state index >= 15 is 0 Å². The molecule has 0 aliphatic rings. The fourth-order valence-electron chi connectivity index (χ4n) is 6.79. The Hall–Kier alpha value is -5.94. The smallest absolute Gasteiger partial charge is 0.164 e. The van der Waals surface area contributed by atoms with Crippen LogP contribution in [0.25, 0.3) is 72.8 Å². The summed E-state index contributed by atoms with van der Waals surface area (Å²) in [5.41, 5.74) is 10.9. The van der Waals surface area contributed by atoms with Gasteiger partial charge in [-0.1, -0.05) is 120 Å². The highest BCUT2D eigenvalue weighted by Gasteiger charge is 2.22. The molecule has 0 unspecified atom stereocenters. The zero-order valence-corrected chi connectivity index (χ0v) is 30.0. The number of pyridine rings is 1. The lowest BCUT2D eigenvalue weighted by atomic mass is 9.85. The summed E-state index contributed by atoms with van der Waals surface area (Å²) in [6.07, 6.45) is 3.72. The summed E-state index contributed by atoms with van der Waals surface area (Å²) in [5.74, 6) is 1.87. The zero-order valence-electron chi connectivity index (χ0n) is 30.0. The molecule has 5 nitrogen and oxygen atoms in total. The fraction of sp³-hybridized carbons (Fsp3) is 0.174. The first-order valence-corrected chi connectivity index (χ1v) is 17.6. The molecule has 0 spiro atoms. The van der Waals surface area contributed by atoms with E-state index in [4.69, 9.17) is 15.0 Å². The van der Waals surface area contributed by atoms with Crippen LogP contribution in [0.5, 0.6) is 0 Å². The van der Waals surface area contributed by atoms with Gasteiger partial charge in [0.05, 0.1) is 11.0 Å². The summed E-state index contributed by atoms with van der Waals surface area (Å²) in [6, 6.07) is 44.8. The van der Waals surface area contributed by atoms with Crippen LogP contribution in [0, 0.1) is 0 Å². The van der Waals surface area contributed by atoms with Crippen molar-refractivity contribution < 1.29 is 0 Å². The number of nitrogens with zero attached hydrogens (tertiary/aromatic N) is 5. The lowest BCUT2D eigenvalue weighted by Crippen LogP contribution is -2.10. The molecule has 0 N–H and O–H groups in total. The van der Waals surface area contributed by atoms with Gasteiger partial charge in [-0.3, -0.25) is 4.98 Å². The number of rotatable bonds is 5. The van der Waals surface area contributed by atoms with Gasteiger partial charge >= 0.3 is 0 Å². The van der Waals surface area contributed by atoms with Gasteiger partial charge < -0.3 is 4.57 Å². The SMILES string of the molecule is CC(C)(C)c1ccc2c(c1)c1cc(C(C)(C)C)ccc1n2-c1ccc(-c2nc(-c3ccccc3)nc(-c3ccccc3)n2)c(-c2cccnc2)c1. The van der Waals surface area contributed by atoms with Gasteiger partial charge in [0.1, 0.15) is 0 Å². The topological polar surface area (TPSA) is 56.5 Å². The molecular formula is C46H41N5. The first-order chi connectivity index (χ1) is 24.5. The molecule has 250 valence electrons. The number of benzene rings is 5. The third-order valence-electron chi connectivity index (χ3n) is 9.67. The standard InChI is InChI=1S/C46H41N5/c1-45(2,3)33-19-23-40-38(26-33)39-27-34(46(4,5)6)20-24-41(39)51(40)35-21-22-36(37(28-35)32-18-13-25-47-29-32)44-49-42(30-14-9-7-10-15-30)48-43(50-44)31-16-11-8-12-17-31/h7-29H,1-6H3. The van der Waals surface area contributed by atoms with Gasteiger partial charge in [0.25, 0.3) is 0 Å². The molecule has 5 heteroatoms. The van der Waals surface area contributed by atoms with Crippen molar-refractivity contribution in [2.75, 3.05) is 0 Å². The minimum absolute atomic E-state index is 0.0289. The summed E-state index contributed by atoms with van der Waals surface area (Å²) in [7, 11) is 0. The maximum absolute atomic E-state index is 5.09. The third kappa shape index (κ3) is 6.10. The van der Waals surface area contributed by atoms with Crippen molar-refractivity contribution in [3.05, 3.63) is 151 Å². The van der Waals surface area contributed by atoms with Crippen molar-refractivity contribution in [2.45, 2.75) is 52.4 Å². The normalized spacial score (nSPS) is 12.1. The van der Waals surface area contributed by atoms with Crippen molar-refractivity contribution in [1.82, 2.24) is 24.5 Å². The van der Waals surface area contributed by atoms with Crippen LogP contribution >= 0.6 is 0 Å². The van der Waals surface area contributed by atoms with E-state index < -0.39 is 0 Å². The van der Waals surface area contributed by atoms with Crippen LogP contribution in [-0.4, -0.2) is 24.5 Å². The predicted octanol–water partition coefficient (Wildman–Crippen LogP) is 11.6. The Labute approximate surface area is 299 Å². The molecular weight excluding hydrogens is 623 g/mol. The largest absolute Gasteiger partial charge is 0.309 e. The van der Waals surface area contributed by atoms with E-state index in [2.05, 4.69) is 112 Å². The number of hydrogen-bond acceptors (Lipinski definition) is 4. The summed E-state index contributed by atoms with van der Waals surface area (Å²) < 4.78 is 2.39. The predicted molar refractivity (Wildman–Crippen MR) is 211 cm³/mol. The minimum Gasteiger partial charge on any atom is -0.309 e. The molecule has 8 aromatic rings. The van der Waals surface area contributed by atoms with E-state index in [-0.39, 0.29) is 10.8 Å². The van der Waals surface area contributed by atoms with Crippen molar-refractivity contribution in [3.8, 4) is 51.0 Å². The van der Waals surface area contributed by atoms with Crippen LogP contribution in [0.4, 0.5) is 0 Å². The third-order valence-corrected chi connectivity index (χ3v) is 9.67. The van der Waals surface area contributed by atoms with Crippen molar-refractivity contribution in [3.63, 3.8) is 0 Å². The Bertz CT molecular complexity index is 2390. The molecule has 0 saturated heterocycles. The highest BCUT2D eigenvalue weighted by atomic mass is 15.0. The van der Waals surface area contributed by atoms with Gasteiger partial charge in [0.15, 0.2) is 17.5 Å². The van der Waals surface area contributed by atoms with E-state index in [1.54, 1.807) is 0 Å². The van der Waals surface area contributed by atoms with Crippen LogP contribution in [0.3, 0.4) is 0 Å². The maximum Gasteiger partial charge on any atom is 0.164 e. The van der Waals surface area contributed by atoms with Crippen LogP contribution in [0.15, 0.2) is 140 Å². The Morgan fingerprint density at radius 1 is 0.451 bits per heavy atom. The molecule has 0 radical (unpaired) electrons. The van der Waals surface area contributed by atoms with Gasteiger partial charge in [-0.2, -0.15) is 0 Å². The van der Waals surface area contributed by atoms with Crippen molar-refractivity contribution in [1.29, 1.82) is 0 Å². The molecule has 8 rings (SSSR count). The Morgan fingerprint density at radius 2 is 0.961 bits per heavy atom. The summed E-state index contributed by atoms with van der Waals surface area (Å²) in [5, 5.41) is 2.51. The molecule has 3 aromatic heterocycles. The molecule has 0 amide bonds. The molecule has 0 saturated carbocycles. The van der Waals surface area contributed by atoms with E-state index in [0.717, 1.165) is 33.5 Å². The lowest BCUT2D eigenvalue weighted by Gasteiger charge is -2.19. The fourth-order valence-corrected chi connectivity index (χ4v) is 6.79. The second-order valence-corrected chi connectivity index (χ2v) is 15.3. The van der Waals surface area contributed by atoms with Gasteiger partial charge in [-0.05, 0) is 76.1 Å². The van der Waals surface area contributed by atoms with Crippen LogP contribution in [-0.2, 0) is 10.8 Å². The van der Waals surface area contributed by atoms with E-state index in [0.29, 0.717) is 17.5 Å². The minimum atomic E-state index is 0.0289. The average Bonchev–Trinajstić information content (AvgIpc) is 3.48. The summed E-state index contributed by atoms with van der Waals surface area (Å²) in [4.78, 5) is 19.6. The molecule has 3 heterocycles. The van der Waals surface area contributed by atoms with E-state index in [9.17, 15) is 0 Å². The second kappa shape index (κ2) is 12.4. The lowest BCUT2D eigenvalue weighted by molar-refractivity contribution is 0.590. The first-order valence-electron chi connectivity index (χ1n) is 17.6. The van der Waals surface area contributed by atoms with E-state index in [1.807, 2.05) is 79.1 Å². The number of hydrogen-bond donors (Lipinski definition) is 0. The van der Waals surface area contributed by atoms with Crippen LogP contribution in [0.1, 0.15) is 52.7 Å². The Balaban J connectivity index is 1.39. The Morgan fingerprint density at radius 3 is 1.45 bits per heavy atom. The summed E-state index contributed by atoms with van der Waals surface area (Å²) >= 11 is 0. The highest BCUT2D eigenvalue weighted by molar-refractivity contribution is 6.10. The van der Waals surface area contributed by atoms with Crippen LogP contribution in [0.2, 0.25) is 0 Å². The maximum atomic E-state index is 5.09. The molecule has 0 bridgehead atoms. The van der Waals surface area contributed by atoms with Gasteiger partial charge in [0.2, 0.25) is 0 Å². The molecule has 0 aliphatic carbocycles. The summed E-state index contributed by atoms with van der Waals surface area (Å²) in [6.45, 7) is 13.7. The van der Waals surface area contributed by atoms with Gasteiger partial charge in [-0.15, -0.1) is 0 Å². The average molecular weight is 664 g/mol. The zero-order chi connectivity index (χ0) is 35.3. The molecule has 0 aliphatic heterocycles. The van der Waals surface area contributed by atoms with E-state index in [1.165, 1.54) is 32.9 Å². The Kier molecular flexibility index (Phi) is 7.87. The quantitative estimate of drug-likeness (QED) is 0.184. The van der Waals surface area contributed by atoms with Crippen molar-refractivity contribution >= 4 is 21.8 Å². The molecule has 5 aromatic carbocycles. The van der Waals surface area contributed by atoms with Gasteiger partial charge in [-0.25, -0.2) is 15.0 Å². The molecule has 0 fully saturated rings. The monoisotopic (exact) mass is 663 g/mol. The molecule has 51 heavy (non-hydrogen) atoms.